The SMILES string of the molecule is CC=CC(CC)(C(=O)NCC)C(=O)N(CC)CC. The average Bonchev–Trinajstić information content (AvgIpc) is 2.37. The highest BCUT2D eigenvalue weighted by molar-refractivity contribution is 6.07. The average molecular weight is 254 g/mol. The monoisotopic (exact) mass is 254 g/mol. The van der Waals surface area contributed by atoms with Crippen molar-refractivity contribution in [3.05, 3.63) is 12.2 Å². The summed E-state index contributed by atoms with van der Waals surface area (Å²) >= 11 is 0. The third kappa shape index (κ3) is 3.34. The lowest BCUT2D eigenvalue weighted by Gasteiger charge is -2.32. The highest BCUT2D eigenvalue weighted by atomic mass is 16.2. The van der Waals surface area contributed by atoms with Gasteiger partial charge in [0.25, 0.3) is 0 Å². The van der Waals surface area contributed by atoms with Gasteiger partial charge in [-0.1, -0.05) is 19.1 Å². The Balaban J connectivity index is 5.44. The third-order valence-corrected chi connectivity index (χ3v) is 3.18. The van der Waals surface area contributed by atoms with Crippen LogP contribution >= 0.6 is 0 Å². The second-order valence-electron chi connectivity index (χ2n) is 4.16. The predicted molar refractivity (Wildman–Crippen MR) is 74.1 cm³/mol. The Kier molecular flexibility index (Phi) is 7.32. The van der Waals surface area contributed by atoms with Gasteiger partial charge in [0.15, 0.2) is 0 Å². The van der Waals surface area contributed by atoms with Crippen LogP contribution in [0.4, 0.5) is 0 Å². The molecule has 1 atom stereocenters. The van der Waals surface area contributed by atoms with E-state index in [0.717, 1.165) is 0 Å². The molecule has 0 rings (SSSR count). The summed E-state index contributed by atoms with van der Waals surface area (Å²) in [5, 5.41) is 2.77. The number of nitrogens with zero attached hydrogens (tertiary/aromatic N) is 1. The molecule has 0 aromatic rings. The summed E-state index contributed by atoms with van der Waals surface area (Å²) in [6.07, 6.45) is 3.97. The van der Waals surface area contributed by atoms with E-state index in [2.05, 4.69) is 5.32 Å². The lowest BCUT2D eigenvalue weighted by molar-refractivity contribution is -0.147. The van der Waals surface area contributed by atoms with Crippen molar-refractivity contribution in [3.63, 3.8) is 0 Å². The Bertz CT molecular complexity index is 309. The molecule has 0 spiro atoms. The molecule has 0 saturated carbocycles. The standard InChI is InChI=1S/C14H26N2O2/c1-6-11-14(7-2,12(17)15-8-3)13(18)16(9-4)10-5/h6,11H,7-10H2,1-5H3,(H,15,17). The quantitative estimate of drug-likeness (QED) is 0.558. The van der Waals surface area contributed by atoms with E-state index in [4.69, 9.17) is 0 Å². The van der Waals surface area contributed by atoms with Crippen molar-refractivity contribution in [2.75, 3.05) is 19.6 Å². The number of carbonyl (C=O) groups excluding carboxylic acids is 2. The van der Waals surface area contributed by atoms with E-state index in [1.165, 1.54) is 0 Å². The zero-order chi connectivity index (χ0) is 14.2. The minimum absolute atomic E-state index is 0.112. The molecule has 104 valence electrons. The van der Waals surface area contributed by atoms with Gasteiger partial charge in [0, 0.05) is 19.6 Å². The van der Waals surface area contributed by atoms with Crippen molar-refractivity contribution in [3.8, 4) is 0 Å². The molecule has 0 aromatic carbocycles. The van der Waals surface area contributed by atoms with Gasteiger partial charge in [-0.2, -0.15) is 0 Å². The largest absolute Gasteiger partial charge is 0.355 e. The van der Waals surface area contributed by atoms with Crippen LogP contribution in [0.5, 0.6) is 0 Å². The van der Waals surface area contributed by atoms with Crippen LogP contribution in [0, 0.1) is 5.41 Å². The molecule has 0 heterocycles. The van der Waals surface area contributed by atoms with Gasteiger partial charge in [0.2, 0.25) is 11.8 Å². The molecule has 0 radical (unpaired) electrons. The summed E-state index contributed by atoms with van der Waals surface area (Å²) in [6, 6.07) is 0. The second kappa shape index (κ2) is 7.90. The van der Waals surface area contributed by atoms with Crippen molar-refractivity contribution in [1.29, 1.82) is 0 Å². The fraction of sp³-hybridized carbons (Fsp3) is 0.714. The summed E-state index contributed by atoms with van der Waals surface area (Å²) in [5.74, 6) is -0.318. The normalized spacial score (nSPS) is 14.3. The summed E-state index contributed by atoms with van der Waals surface area (Å²) in [7, 11) is 0. The summed E-state index contributed by atoms with van der Waals surface area (Å²) < 4.78 is 0. The fourth-order valence-electron chi connectivity index (χ4n) is 2.07. The van der Waals surface area contributed by atoms with E-state index in [-0.39, 0.29) is 11.8 Å². The van der Waals surface area contributed by atoms with Gasteiger partial charge in [-0.15, -0.1) is 0 Å². The molecular formula is C14H26N2O2. The maximum absolute atomic E-state index is 12.6. The van der Waals surface area contributed by atoms with Crippen LogP contribution in [0.15, 0.2) is 12.2 Å². The Labute approximate surface area is 110 Å². The first-order valence-corrected chi connectivity index (χ1v) is 6.75. The third-order valence-electron chi connectivity index (χ3n) is 3.18. The zero-order valence-electron chi connectivity index (χ0n) is 12.2. The second-order valence-corrected chi connectivity index (χ2v) is 4.16. The van der Waals surface area contributed by atoms with Crippen molar-refractivity contribution < 1.29 is 9.59 Å². The molecular weight excluding hydrogens is 228 g/mol. The first-order chi connectivity index (χ1) is 8.53. The molecule has 0 saturated heterocycles. The van der Waals surface area contributed by atoms with Crippen LogP contribution in [0.1, 0.15) is 41.0 Å². The van der Waals surface area contributed by atoms with Crippen molar-refractivity contribution in [2.45, 2.75) is 41.0 Å². The van der Waals surface area contributed by atoms with Gasteiger partial charge in [0.1, 0.15) is 5.41 Å². The minimum atomic E-state index is -1.06. The van der Waals surface area contributed by atoms with Crippen LogP contribution < -0.4 is 5.32 Å². The first-order valence-electron chi connectivity index (χ1n) is 6.75. The van der Waals surface area contributed by atoms with E-state index in [1.54, 1.807) is 17.1 Å². The van der Waals surface area contributed by atoms with Gasteiger partial charge < -0.3 is 10.2 Å². The lowest BCUT2D eigenvalue weighted by atomic mass is 9.81. The van der Waals surface area contributed by atoms with Gasteiger partial charge in [-0.05, 0) is 34.1 Å². The van der Waals surface area contributed by atoms with Crippen LogP contribution in [0.3, 0.4) is 0 Å². The van der Waals surface area contributed by atoms with Gasteiger partial charge >= 0.3 is 0 Å². The molecule has 0 aliphatic carbocycles. The smallest absolute Gasteiger partial charge is 0.242 e. The van der Waals surface area contributed by atoms with Crippen LogP contribution in [0.2, 0.25) is 0 Å². The number of rotatable bonds is 7. The van der Waals surface area contributed by atoms with Crippen molar-refractivity contribution >= 4 is 11.8 Å². The maximum atomic E-state index is 12.6. The first kappa shape index (κ1) is 16.7. The Morgan fingerprint density at radius 3 is 2.06 bits per heavy atom. The number of allylic oxidation sites excluding steroid dienone is 1. The number of hydrogen-bond donors (Lipinski definition) is 1. The molecule has 18 heavy (non-hydrogen) atoms. The van der Waals surface area contributed by atoms with E-state index < -0.39 is 5.41 Å². The van der Waals surface area contributed by atoms with E-state index in [0.29, 0.717) is 26.1 Å². The molecule has 0 fully saturated rings. The molecule has 2 amide bonds. The minimum Gasteiger partial charge on any atom is -0.355 e. The van der Waals surface area contributed by atoms with E-state index >= 15 is 0 Å². The van der Waals surface area contributed by atoms with E-state index in [1.807, 2.05) is 34.6 Å². The lowest BCUT2D eigenvalue weighted by Crippen LogP contribution is -2.51. The van der Waals surface area contributed by atoms with Crippen LogP contribution in [-0.2, 0) is 9.59 Å². The highest BCUT2D eigenvalue weighted by Gasteiger charge is 2.43. The number of hydrogen-bond acceptors (Lipinski definition) is 2. The van der Waals surface area contributed by atoms with Crippen molar-refractivity contribution in [1.82, 2.24) is 10.2 Å². The van der Waals surface area contributed by atoms with Gasteiger partial charge in [-0.3, -0.25) is 9.59 Å². The highest BCUT2D eigenvalue weighted by Crippen LogP contribution is 2.27. The number of nitrogens with one attached hydrogen (secondary N) is 1. The summed E-state index contributed by atoms with van der Waals surface area (Å²) in [4.78, 5) is 26.5. The summed E-state index contributed by atoms with van der Waals surface area (Å²) in [6.45, 7) is 11.2. The molecule has 0 aromatic heterocycles. The molecule has 0 bridgehead atoms. The van der Waals surface area contributed by atoms with Gasteiger partial charge in [-0.25, -0.2) is 0 Å². The fourth-order valence-corrected chi connectivity index (χ4v) is 2.07. The molecule has 4 heteroatoms. The number of amides is 2. The molecule has 4 nitrogen and oxygen atoms in total. The molecule has 1 N–H and O–H groups in total. The topological polar surface area (TPSA) is 49.4 Å². The van der Waals surface area contributed by atoms with Crippen LogP contribution in [-0.4, -0.2) is 36.3 Å². The Morgan fingerprint density at radius 1 is 1.17 bits per heavy atom. The molecule has 0 aliphatic rings. The maximum Gasteiger partial charge on any atom is 0.242 e. The molecule has 1 unspecified atom stereocenters. The van der Waals surface area contributed by atoms with E-state index in [9.17, 15) is 9.59 Å². The van der Waals surface area contributed by atoms with Gasteiger partial charge in [0.05, 0.1) is 0 Å². The van der Waals surface area contributed by atoms with Crippen molar-refractivity contribution in [2.24, 2.45) is 5.41 Å². The summed E-state index contributed by atoms with van der Waals surface area (Å²) in [5.41, 5.74) is -1.06. The molecule has 0 aliphatic heterocycles. The van der Waals surface area contributed by atoms with Crippen LogP contribution in [0.25, 0.3) is 0 Å². The number of carbonyl (C=O) groups is 2. The predicted octanol–water partition coefficient (Wildman–Crippen LogP) is 1.96. The Morgan fingerprint density at radius 2 is 1.72 bits per heavy atom. The Hall–Kier alpha value is -1.32. The zero-order valence-corrected chi connectivity index (χ0v) is 12.2.